The molecular formula is C19H27BrN4O3. The number of ether oxygens (including phenoxy) is 1. The van der Waals surface area contributed by atoms with Crippen LogP contribution in [0, 0.1) is 0 Å². The molecule has 0 bridgehead atoms. The molecule has 8 heteroatoms. The van der Waals surface area contributed by atoms with Gasteiger partial charge in [-0.2, -0.15) is 0 Å². The van der Waals surface area contributed by atoms with Gasteiger partial charge in [-0.25, -0.2) is 0 Å². The van der Waals surface area contributed by atoms with E-state index >= 15 is 0 Å². The molecule has 2 fully saturated rings. The lowest BCUT2D eigenvalue weighted by atomic mass is 10.2. The monoisotopic (exact) mass is 438 g/mol. The fraction of sp³-hybridized carbons (Fsp3) is 0.579. The Kier molecular flexibility index (Phi) is 7.23. The van der Waals surface area contributed by atoms with Crippen LogP contribution in [0.4, 0.5) is 5.69 Å². The van der Waals surface area contributed by atoms with E-state index in [1.54, 1.807) is 0 Å². The number of amides is 2. The molecule has 2 aliphatic heterocycles. The van der Waals surface area contributed by atoms with Crippen LogP contribution >= 0.6 is 15.9 Å². The first kappa shape index (κ1) is 20.3. The highest BCUT2D eigenvalue weighted by atomic mass is 79.9. The minimum Gasteiger partial charge on any atom is -0.378 e. The molecule has 2 saturated heterocycles. The summed E-state index contributed by atoms with van der Waals surface area (Å²) in [5, 5.41) is 2.92. The van der Waals surface area contributed by atoms with Crippen LogP contribution in [0.25, 0.3) is 0 Å². The molecule has 1 N–H and O–H groups in total. The van der Waals surface area contributed by atoms with Crippen LogP contribution in [0.3, 0.4) is 0 Å². The Morgan fingerprint density at radius 3 is 2.33 bits per heavy atom. The Morgan fingerprint density at radius 1 is 1.07 bits per heavy atom. The number of hydrogen-bond donors (Lipinski definition) is 1. The Balaban J connectivity index is 1.42. The number of benzene rings is 1. The van der Waals surface area contributed by atoms with E-state index in [0.29, 0.717) is 32.8 Å². The van der Waals surface area contributed by atoms with Crippen LogP contribution in [0.15, 0.2) is 28.7 Å². The number of carbonyl (C=O) groups is 2. The largest absolute Gasteiger partial charge is 0.378 e. The smallest absolute Gasteiger partial charge is 0.239 e. The van der Waals surface area contributed by atoms with Crippen molar-refractivity contribution >= 4 is 33.4 Å². The number of rotatable bonds is 5. The van der Waals surface area contributed by atoms with Crippen molar-refractivity contribution in [2.75, 3.05) is 64.3 Å². The number of morpholine rings is 1. The zero-order chi connectivity index (χ0) is 19.2. The number of hydrogen-bond acceptors (Lipinski definition) is 5. The third-order valence-corrected chi connectivity index (χ3v) is 5.66. The Morgan fingerprint density at radius 2 is 1.70 bits per heavy atom. The van der Waals surface area contributed by atoms with Crippen molar-refractivity contribution in [3.05, 3.63) is 28.7 Å². The first-order valence-electron chi connectivity index (χ1n) is 9.41. The molecule has 2 heterocycles. The van der Waals surface area contributed by atoms with E-state index in [0.717, 1.165) is 36.3 Å². The van der Waals surface area contributed by atoms with Crippen LogP contribution in [0.2, 0.25) is 0 Å². The molecule has 0 radical (unpaired) electrons. The van der Waals surface area contributed by atoms with Gasteiger partial charge < -0.3 is 15.0 Å². The highest BCUT2D eigenvalue weighted by Crippen LogP contribution is 2.14. The lowest BCUT2D eigenvalue weighted by Gasteiger charge is -2.39. The standard InChI is InChI=1S/C19H27BrN4O3/c1-15(19(26)24-10-12-27-13-11-24)23-8-6-22(7-9-23)14-18(25)21-17-4-2-16(20)3-5-17/h2-5,15H,6-14H2,1H3,(H,21,25). The lowest BCUT2D eigenvalue weighted by molar-refractivity contribution is -0.141. The van der Waals surface area contributed by atoms with E-state index in [2.05, 4.69) is 31.0 Å². The fourth-order valence-electron chi connectivity index (χ4n) is 3.45. The van der Waals surface area contributed by atoms with Gasteiger partial charge in [-0.1, -0.05) is 15.9 Å². The molecule has 1 unspecified atom stereocenters. The molecule has 148 valence electrons. The van der Waals surface area contributed by atoms with Crippen molar-refractivity contribution in [2.45, 2.75) is 13.0 Å². The summed E-state index contributed by atoms with van der Waals surface area (Å²) in [6.07, 6.45) is 0. The third-order valence-electron chi connectivity index (χ3n) is 5.13. The van der Waals surface area contributed by atoms with Crippen molar-refractivity contribution in [1.82, 2.24) is 14.7 Å². The predicted molar refractivity (Wildman–Crippen MR) is 108 cm³/mol. The average Bonchev–Trinajstić information content (AvgIpc) is 2.70. The van der Waals surface area contributed by atoms with Gasteiger partial charge in [0.2, 0.25) is 11.8 Å². The summed E-state index contributed by atoms with van der Waals surface area (Å²) in [5.74, 6) is 0.169. The normalized spacial score (nSPS) is 20.3. The topological polar surface area (TPSA) is 65.1 Å². The predicted octanol–water partition coefficient (Wildman–Crippen LogP) is 1.25. The van der Waals surface area contributed by atoms with E-state index in [4.69, 9.17) is 4.74 Å². The molecule has 0 aromatic heterocycles. The van der Waals surface area contributed by atoms with Gasteiger partial charge in [-0.15, -0.1) is 0 Å². The maximum atomic E-state index is 12.6. The van der Waals surface area contributed by atoms with E-state index in [9.17, 15) is 9.59 Å². The fourth-order valence-corrected chi connectivity index (χ4v) is 3.71. The molecule has 3 rings (SSSR count). The van der Waals surface area contributed by atoms with Crippen LogP contribution < -0.4 is 5.32 Å². The number of carbonyl (C=O) groups excluding carboxylic acids is 2. The molecule has 27 heavy (non-hydrogen) atoms. The van der Waals surface area contributed by atoms with Gasteiger partial charge in [0.05, 0.1) is 25.8 Å². The second-order valence-electron chi connectivity index (χ2n) is 6.98. The molecule has 1 aromatic carbocycles. The van der Waals surface area contributed by atoms with Crippen LogP contribution in [-0.2, 0) is 14.3 Å². The Bertz CT molecular complexity index is 641. The van der Waals surface area contributed by atoms with Crippen molar-refractivity contribution in [2.24, 2.45) is 0 Å². The lowest BCUT2D eigenvalue weighted by Crippen LogP contribution is -2.56. The van der Waals surface area contributed by atoms with E-state index in [1.807, 2.05) is 36.1 Å². The first-order chi connectivity index (χ1) is 13.0. The molecule has 2 amide bonds. The third kappa shape index (κ3) is 5.75. The van der Waals surface area contributed by atoms with Crippen LogP contribution in [-0.4, -0.2) is 91.6 Å². The number of anilines is 1. The Labute approximate surface area is 168 Å². The highest BCUT2D eigenvalue weighted by molar-refractivity contribution is 9.10. The van der Waals surface area contributed by atoms with Gasteiger partial charge in [0.25, 0.3) is 0 Å². The quantitative estimate of drug-likeness (QED) is 0.749. The zero-order valence-electron chi connectivity index (χ0n) is 15.7. The molecule has 1 aromatic rings. The van der Waals surface area contributed by atoms with E-state index in [-0.39, 0.29) is 17.9 Å². The first-order valence-corrected chi connectivity index (χ1v) is 10.2. The van der Waals surface area contributed by atoms with Gasteiger partial charge in [-0.05, 0) is 31.2 Å². The van der Waals surface area contributed by atoms with Gasteiger partial charge in [0.15, 0.2) is 0 Å². The number of nitrogens with one attached hydrogen (secondary N) is 1. The summed E-state index contributed by atoms with van der Waals surface area (Å²) in [6, 6.07) is 7.43. The van der Waals surface area contributed by atoms with Crippen molar-refractivity contribution in [1.29, 1.82) is 0 Å². The minimum absolute atomic E-state index is 0.0109. The average molecular weight is 439 g/mol. The van der Waals surface area contributed by atoms with Crippen molar-refractivity contribution < 1.29 is 14.3 Å². The van der Waals surface area contributed by atoms with Gasteiger partial charge in [0, 0.05) is 49.4 Å². The Hall–Kier alpha value is -1.48. The van der Waals surface area contributed by atoms with Crippen LogP contribution in [0.1, 0.15) is 6.92 Å². The molecule has 2 aliphatic rings. The maximum Gasteiger partial charge on any atom is 0.239 e. The molecular weight excluding hydrogens is 412 g/mol. The molecule has 0 aliphatic carbocycles. The van der Waals surface area contributed by atoms with Crippen molar-refractivity contribution in [3.8, 4) is 0 Å². The van der Waals surface area contributed by atoms with Gasteiger partial charge in [0.1, 0.15) is 0 Å². The van der Waals surface area contributed by atoms with Gasteiger partial charge in [-0.3, -0.25) is 19.4 Å². The molecule has 7 nitrogen and oxygen atoms in total. The summed E-state index contributed by atoms with van der Waals surface area (Å²) in [7, 11) is 0. The number of piperazine rings is 1. The second-order valence-corrected chi connectivity index (χ2v) is 7.90. The maximum absolute atomic E-state index is 12.6. The summed E-state index contributed by atoms with van der Waals surface area (Å²) in [6.45, 7) is 8.12. The highest BCUT2D eigenvalue weighted by Gasteiger charge is 2.29. The van der Waals surface area contributed by atoms with Crippen LogP contribution in [0.5, 0.6) is 0 Å². The van der Waals surface area contributed by atoms with Gasteiger partial charge >= 0.3 is 0 Å². The summed E-state index contributed by atoms with van der Waals surface area (Å²) in [5.41, 5.74) is 0.798. The number of halogens is 1. The minimum atomic E-state index is -0.123. The molecule has 0 spiro atoms. The second kappa shape index (κ2) is 9.64. The van der Waals surface area contributed by atoms with Crippen molar-refractivity contribution in [3.63, 3.8) is 0 Å². The molecule has 0 saturated carbocycles. The summed E-state index contributed by atoms with van der Waals surface area (Å²) < 4.78 is 6.30. The zero-order valence-corrected chi connectivity index (χ0v) is 17.3. The summed E-state index contributed by atoms with van der Waals surface area (Å²) in [4.78, 5) is 31.1. The SMILES string of the molecule is CC(C(=O)N1CCOCC1)N1CCN(CC(=O)Nc2ccc(Br)cc2)CC1. The van der Waals surface area contributed by atoms with E-state index < -0.39 is 0 Å². The number of nitrogens with zero attached hydrogens (tertiary/aromatic N) is 3. The van der Waals surface area contributed by atoms with E-state index in [1.165, 1.54) is 0 Å². The molecule has 1 atom stereocenters. The summed E-state index contributed by atoms with van der Waals surface area (Å²) >= 11 is 3.39.